The molecule has 6 heteroatoms. The average molecular weight is 245 g/mol. The molecule has 5 nitrogen and oxygen atoms in total. The van der Waals surface area contributed by atoms with Gasteiger partial charge in [-0.05, 0) is 13.8 Å². The lowest BCUT2D eigenvalue weighted by molar-refractivity contribution is -0.108. The van der Waals surface area contributed by atoms with E-state index >= 15 is 0 Å². The van der Waals surface area contributed by atoms with Crippen LogP contribution in [0, 0.1) is 0 Å². The number of methoxy groups -OCH3 is 1. The molecule has 1 N–H and O–H groups in total. The van der Waals surface area contributed by atoms with Gasteiger partial charge in [0.2, 0.25) is 5.85 Å². The third-order valence-electron chi connectivity index (χ3n) is 2.45. The van der Waals surface area contributed by atoms with Crippen molar-refractivity contribution in [3.63, 3.8) is 0 Å². The molecule has 1 atom stereocenters. The van der Waals surface area contributed by atoms with E-state index in [2.05, 4.69) is 10.1 Å². The fraction of sp³-hybridized carbons (Fsp3) is 0.636. The van der Waals surface area contributed by atoms with Crippen LogP contribution in [-0.4, -0.2) is 26.1 Å². The number of nitrogens with one attached hydrogen (secondary N) is 1. The van der Waals surface area contributed by atoms with Gasteiger partial charge in [0.05, 0.1) is 6.61 Å². The maximum Gasteiger partial charge on any atom is 0.272 e. The molecule has 17 heavy (non-hydrogen) atoms. The van der Waals surface area contributed by atoms with Crippen LogP contribution in [0.25, 0.3) is 0 Å². The van der Waals surface area contributed by atoms with Crippen molar-refractivity contribution in [1.82, 2.24) is 0 Å². The zero-order valence-electron chi connectivity index (χ0n) is 10.1. The Morgan fingerprint density at radius 3 is 2.53 bits per heavy atom. The van der Waals surface area contributed by atoms with Crippen molar-refractivity contribution in [1.29, 1.82) is 0 Å². The summed E-state index contributed by atoms with van der Waals surface area (Å²) in [5.41, 5.74) is -1.13. The van der Waals surface area contributed by atoms with Crippen molar-refractivity contribution >= 4 is 5.69 Å². The second-order valence-corrected chi connectivity index (χ2v) is 3.78. The smallest absolute Gasteiger partial charge is 0.272 e. The van der Waals surface area contributed by atoms with Crippen molar-refractivity contribution in [2.45, 2.75) is 26.1 Å². The van der Waals surface area contributed by atoms with Crippen LogP contribution in [0.5, 0.6) is 5.75 Å². The van der Waals surface area contributed by atoms with Gasteiger partial charge in [0.15, 0.2) is 5.75 Å². The summed E-state index contributed by atoms with van der Waals surface area (Å²) < 4.78 is 22.9. The fourth-order valence-corrected chi connectivity index (χ4v) is 1.33. The molecule has 0 spiro atoms. The van der Waals surface area contributed by atoms with Crippen LogP contribution in [0.2, 0.25) is 0 Å². The molecule has 0 aliphatic carbocycles. The molecule has 1 aromatic rings. The molecule has 0 bridgehead atoms. The molecule has 0 heterocycles. The molecule has 0 aliphatic heterocycles. The normalized spacial score (nSPS) is 14.6. The summed E-state index contributed by atoms with van der Waals surface area (Å²) in [5.74, 6) is -1.72. The van der Waals surface area contributed by atoms with E-state index < -0.39 is 16.7 Å². The average Bonchev–Trinajstić information content (AvgIpc) is 2.32. The van der Waals surface area contributed by atoms with Crippen LogP contribution in [0.3, 0.4) is 0 Å². The van der Waals surface area contributed by atoms with E-state index in [1.807, 2.05) is 0 Å². The molecule has 0 saturated carbocycles. The number of anilines is 1. The highest BCUT2D eigenvalue weighted by Gasteiger charge is 2.25. The first-order chi connectivity index (χ1) is 7.93. The summed E-state index contributed by atoms with van der Waals surface area (Å²) in [5, 5.41) is 2.69. The van der Waals surface area contributed by atoms with Gasteiger partial charge < -0.3 is 14.8 Å². The summed E-state index contributed by atoms with van der Waals surface area (Å²) in [6.07, 6.45) is 0.0634. The lowest BCUT2D eigenvalue weighted by Crippen LogP contribution is -2.36. The monoisotopic (exact) mass is 245 g/mol. The highest BCUT2D eigenvalue weighted by atomic mass is 19.2. The topological polar surface area (TPSA) is 64.6 Å². The van der Waals surface area contributed by atoms with E-state index in [-0.39, 0.29) is 24.4 Å². The van der Waals surface area contributed by atoms with Crippen LogP contribution in [0.4, 0.5) is 10.1 Å². The number of rotatable bonds is 7. The summed E-state index contributed by atoms with van der Waals surface area (Å²) in [7, 11) is 1.27. The van der Waals surface area contributed by atoms with Gasteiger partial charge in [-0.15, -0.1) is 0 Å². The number of ether oxygens (including phenoxy) is 2. The van der Waals surface area contributed by atoms with E-state index in [0.29, 0.717) is 6.61 Å². The quantitative estimate of drug-likeness (QED) is 0.720. The molecule has 0 amide bonds. The van der Waals surface area contributed by atoms with E-state index in [4.69, 9.17) is 4.74 Å². The van der Waals surface area contributed by atoms with Gasteiger partial charge in [-0.25, -0.2) is 4.39 Å². The third kappa shape index (κ3) is 3.03. The summed E-state index contributed by atoms with van der Waals surface area (Å²) in [4.78, 5) is 22.3. The zero-order chi connectivity index (χ0) is 13.1. The fourth-order valence-electron chi connectivity index (χ4n) is 1.33. The highest BCUT2D eigenvalue weighted by molar-refractivity contribution is 5.61. The van der Waals surface area contributed by atoms with E-state index in [1.54, 1.807) is 6.92 Å². The van der Waals surface area contributed by atoms with Gasteiger partial charge in [-0.1, -0.05) is 0 Å². The number of halogens is 1. The molecule has 0 saturated heterocycles. The van der Waals surface area contributed by atoms with Crippen LogP contribution in [0.1, 0.15) is 20.3 Å². The first kappa shape index (κ1) is 13.6. The van der Waals surface area contributed by atoms with Crippen molar-refractivity contribution in [3.8, 4) is 5.75 Å². The largest absolute Gasteiger partial charge is 0.488 e. The van der Waals surface area contributed by atoms with Crippen LogP contribution in [-0.2, 0) is 4.74 Å². The third-order valence-corrected chi connectivity index (χ3v) is 2.45. The molecule has 0 aromatic heterocycles. The Hall–Kier alpha value is -1.43. The van der Waals surface area contributed by atoms with E-state index in [9.17, 15) is 14.0 Å². The summed E-state index contributed by atoms with van der Waals surface area (Å²) >= 11 is 0. The van der Waals surface area contributed by atoms with Crippen LogP contribution < -0.4 is 20.9 Å². The van der Waals surface area contributed by atoms with Gasteiger partial charge in [-0.3, -0.25) is 9.59 Å². The SMILES string of the molecule is CCOc1c(NCCC(C)(F)OC)c(=O)c1=O. The van der Waals surface area contributed by atoms with Crippen molar-refractivity contribution in [3.05, 3.63) is 20.4 Å². The van der Waals surface area contributed by atoms with Crippen molar-refractivity contribution < 1.29 is 13.9 Å². The molecular weight excluding hydrogens is 229 g/mol. The van der Waals surface area contributed by atoms with Gasteiger partial charge >= 0.3 is 0 Å². The van der Waals surface area contributed by atoms with Gasteiger partial charge in [0, 0.05) is 20.1 Å². The molecule has 0 radical (unpaired) electrons. The maximum absolute atomic E-state index is 13.3. The molecule has 0 fully saturated rings. The Bertz CT molecular complexity index is 448. The number of alkyl halides is 1. The van der Waals surface area contributed by atoms with Crippen LogP contribution >= 0.6 is 0 Å². The minimum Gasteiger partial charge on any atom is -0.488 e. The Kier molecular flexibility index (Phi) is 4.22. The lowest BCUT2D eigenvalue weighted by atomic mass is 10.2. The number of hydrogen-bond acceptors (Lipinski definition) is 5. The van der Waals surface area contributed by atoms with E-state index in [1.165, 1.54) is 14.0 Å². The standard InChI is InChI=1S/C11H16FNO4/c1-4-17-10-7(8(14)9(10)15)13-6-5-11(2,12)16-3/h13H,4-6H2,1-3H3. The Morgan fingerprint density at radius 2 is 2.00 bits per heavy atom. The molecule has 0 aliphatic rings. The van der Waals surface area contributed by atoms with Crippen molar-refractivity contribution in [2.24, 2.45) is 0 Å². The number of hydrogen-bond donors (Lipinski definition) is 1. The summed E-state index contributed by atoms with van der Waals surface area (Å²) in [6.45, 7) is 3.49. The maximum atomic E-state index is 13.3. The van der Waals surface area contributed by atoms with Gasteiger partial charge in [-0.2, -0.15) is 0 Å². The Labute approximate surface area is 98.2 Å². The van der Waals surface area contributed by atoms with Gasteiger partial charge in [0.1, 0.15) is 5.69 Å². The summed E-state index contributed by atoms with van der Waals surface area (Å²) in [6, 6.07) is 0. The predicted octanol–water partition coefficient (Wildman–Crippen LogP) is 0.815. The second kappa shape index (κ2) is 5.27. The first-order valence-electron chi connectivity index (χ1n) is 5.37. The van der Waals surface area contributed by atoms with E-state index in [0.717, 1.165) is 0 Å². The van der Waals surface area contributed by atoms with Crippen LogP contribution in [0.15, 0.2) is 9.59 Å². The van der Waals surface area contributed by atoms with Crippen molar-refractivity contribution in [2.75, 3.05) is 25.6 Å². The highest BCUT2D eigenvalue weighted by Crippen LogP contribution is 2.19. The molecule has 1 aromatic carbocycles. The predicted molar refractivity (Wildman–Crippen MR) is 62.2 cm³/mol. The molecule has 96 valence electrons. The van der Waals surface area contributed by atoms with Gasteiger partial charge in [0.25, 0.3) is 10.9 Å². The Morgan fingerprint density at radius 1 is 1.35 bits per heavy atom. The zero-order valence-corrected chi connectivity index (χ0v) is 10.1. The molecule has 1 rings (SSSR count). The Balaban J connectivity index is 2.56. The second-order valence-electron chi connectivity index (χ2n) is 3.78. The molecule has 1 unspecified atom stereocenters. The first-order valence-corrected chi connectivity index (χ1v) is 5.37. The minimum absolute atomic E-state index is 0.0375. The molecular formula is C11H16FNO4. The minimum atomic E-state index is -1.75. The lowest BCUT2D eigenvalue weighted by Gasteiger charge is -2.19.